The Labute approximate surface area is 124 Å². The van der Waals surface area contributed by atoms with Crippen LogP contribution in [0.5, 0.6) is 5.75 Å². The molecule has 2 N–H and O–H groups in total. The first kappa shape index (κ1) is 14.3. The summed E-state index contributed by atoms with van der Waals surface area (Å²) in [4.78, 5) is 12.0. The zero-order chi connectivity index (χ0) is 14.5. The van der Waals surface area contributed by atoms with Crippen molar-refractivity contribution in [1.29, 1.82) is 0 Å². The molecule has 5 nitrogen and oxygen atoms in total. The number of para-hydroxylation sites is 1. The Morgan fingerprint density at radius 2 is 2.20 bits per heavy atom. The molecule has 0 aliphatic carbocycles. The second-order valence-corrected chi connectivity index (χ2v) is 4.92. The Hall–Kier alpha value is -2.08. The number of rotatable bonds is 5. The second kappa shape index (κ2) is 6.38. The molecule has 2 rings (SSSR count). The highest BCUT2D eigenvalue weighted by molar-refractivity contribution is 9.10. The summed E-state index contributed by atoms with van der Waals surface area (Å²) in [6, 6.07) is 7.02. The van der Waals surface area contributed by atoms with Gasteiger partial charge < -0.3 is 10.4 Å². The monoisotopic (exact) mass is 335 g/mol. The van der Waals surface area contributed by atoms with Crippen LogP contribution in [0.4, 0.5) is 5.69 Å². The number of benzene rings is 1. The van der Waals surface area contributed by atoms with Crippen LogP contribution in [0.3, 0.4) is 0 Å². The van der Waals surface area contributed by atoms with Crippen molar-refractivity contribution in [1.82, 2.24) is 9.78 Å². The van der Waals surface area contributed by atoms with Crippen LogP contribution in [-0.2, 0) is 13.1 Å². The molecule has 0 atom stereocenters. The lowest BCUT2D eigenvalue weighted by Crippen LogP contribution is -2.23. The minimum Gasteiger partial charge on any atom is -0.508 e. The number of phenolic OH excluding ortho intramolecular Hbond substituents is 1. The van der Waals surface area contributed by atoms with E-state index in [9.17, 15) is 9.90 Å². The first-order valence-electron chi connectivity index (χ1n) is 6.00. The normalized spacial score (nSPS) is 10.2. The molecule has 0 saturated heterocycles. The van der Waals surface area contributed by atoms with Crippen molar-refractivity contribution in [3.05, 3.63) is 63.5 Å². The van der Waals surface area contributed by atoms with E-state index in [1.807, 2.05) is 12.1 Å². The van der Waals surface area contributed by atoms with Crippen LogP contribution < -0.4 is 10.9 Å². The van der Waals surface area contributed by atoms with Gasteiger partial charge in [-0.3, -0.25) is 4.79 Å². The van der Waals surface area contributed by atoms with Crippen LogP contribution in [0.25, 0.3) is 0 Å². The number of halogens is 1. The number of hydrogen-bond acceptors (Lipinski definition) is 4. The summed E-state index contributed by atoms with van der Waals surface area (Å²) < 4.78 is 1.71. The van der Waals surface area contributed by atoms with Crippen molar-refractivity contribution in [3.63, 3.8) is 0 Å². The van der Waals surface area contributed by atoms with Crippen LogP contribution in [0.2, 0.25) is 0 Å². The molecule has 0 unspecified atom stereocenters. The molecule has 1 heterocycles. The number of allylic oxidation sites excluding steroid dienone is 1. The van der Waals surface area contributed by atoms with Crippen LogP contribution in [-0.4, -0.2) is 14.9 Å². The van der Waals surface area contributed by atoms with E-state index in [1.165, 1.54) is 4.68 Å². The summed E-state index contributed by atoms with van der Waals surface area (Å²) in [6.45, 7) is 4.34. The highest BCUT2D eigenvalue weighted by Crippen LogP contribution is 2.20. The smallest absolute Gasteiger partial charge is 0.283 e. The van der Waals surface area contributed by atoms with Gasteiger partial charge in [-0.1, -0.05) is 24.3 Å². The highest BCUT2D eigenvalue weighted by Gasteiger charge is 2.08. The molecule has 0 amide bonds. The lowest BCUT2D eigenvalue weighted by atomic mass is 10.2. The van der Waals surface area contributed by atoms with Crippen molar-refractivity contribution in [2.24, 2.45) is 0 Å². The van der Waals surface area contributed by atoms with Crippen LogP contribution in [0.1, 0.15) is 5.56 Å². The fraction of sp³-hybridized carbons (Fsp3) is 0.143. The Bertz CT molecular complexity index is 682. The van der Waals surface area contributed by atoms with Crippen molar-refractivity contribution >= 4 is 21.6 Å². The van der Waals surface area contributed by atoms with Gasteiger partial charge in [0.15, 0.2) is 0 Å². The molecule has 1 aromatic carbocycles. The predicted molar refractivity (Wildman–Crippen MR) is 81.8 cm³/mol. The zero-order valence-corrected chi connectivity index (χ0v) is 12.3. The third-order valence-electron chi connectivity index (χ3n) is 2.75. The van der Waals surface area contributed by atoms with Crippen molar-refractivity contribution in [3.8, 4) is 5.75 Å². The summed E-state index contributed by atoms with van der Waals surface area (Å²) in [7, 11) is 0. The molecule has 20 heavy (non-hydrogen) atoms. The van der Waals surface area contributed by atoms with Gasteiger partial charge in [0, 0.05) is 12.1 Å². The van der Waals surface area contributed by atoms with Gasteiger partial charge in [0.25, 0.3) is 5.56 Å². The summed E-state index contributed by atoms with van der Waals surface area (Å²) in [6.07, 6.45) is 3.17. The first-order chi connectivity index (χ1) is 9.63. The molecular formula is C14H14BrN3O2. The SMILES string of the molecule is C=CCn1ncc(NCc2ccccc2O)c(Br)c1=O. The number of hydrogen-bond donors (Lipinski definition) is 2. The van der Waals surface area contributed by atoms with Crippen molar-refractivity contribution in [2.45, 2.75) is 13.1 Å². The third kappa shape index (κ3) is 3.08. The van der Waals surface area contributed by atoms with E-state index >= 15 is 0 Å². The van der Waals surface area contributed by atoms with Gasteiger partial charge >= 0.3 is 0 Å². The largest absolute Gasteiger partial charge is 0.508 e. The van der Waals surface area contributed by atoms with Gasteiger partial charge in [-0.25, -0.2) is 4.68 Å². The quantitative estimate of drug-likeness (QED) is 0.824. The van der Waals surface area contributed by atoms with Gasteiger partial charge in [-0.15, -0.1) is 6.58 Å². The van der Waals surface area contributed by atoms with Gasteiger partial charge in [0.2, 0.25) is 0 Å². The van der Waals surface area contributed by atoms with Crippen molar-refractivity contribution < 1.29 is 5.11 Å². The van der Waals surface area contributed by atoms with E-state index in [4.69, 9.17) is 0 Å². The molecule has 0 spiro atoms. The molecule has 0 bridgehead atoms. The molecular weight excluding hydrogens is 322 g/mol. The predicted octanol–water partition coefficient (Wildman–Crippen LogP) is 2.51. The molecule has 0 fully saturated rings. The van der Waals surface area contributed by atoms with Gasteiger partial charge in [-0.2, -0.15) is 5.10 Å². The number of phenols is 1. The first-order valence-corrected chi connectivity index (χ1v) is 6.80. The van der Waals surface area contributed by atoms with Gasteiger partial charge in [-0.05, 0) is 22.0 Å². The van der Waals surface area contributed by atoms with Crippen LogP contribution >= 0.6 is 15.9 Å². The standard InChI is InChI=1S/C14H14BrN3O2/c1-2-7-18-14(20)13(15)11(9-17-18)16-8-10-5-3-4-6-12(10)19/h2-6,9,16,19H,1,7-8H2. The molecule has 0 aliphatic rings. The van der Waals surface area contributed by atoms with Crippen molar-refractivity contribution in [2.75, 3.05) is 5.32 Å². The Balaban J connectivity index is 2.19. The number of anilines is 1. The summed E-state index contributed by atoms with van der Waals surface area (Å²) in [5.74, 6) is 0.212. The molecule has 2 aromatic rings. The third-order valence-corrected chi connectivity index (χ3v) is 3.51. The van der Waals surface area contributed by atoms with Gasteiger partial charge in [0.1, 0.15) is 10.2 Å². The highest BCUT2D eigenvalue weighted by atomic mass is 79.9. The average molecular weight is 336 g/mol. The number of aromatic hydroxyl groups is 1. The summed E-state index contributed by atoms with van der Waals surface area (Å²) in [5, 5.41) is 16.8. The minimum atomic E-state index is -0.229. The molecule has 0 aliphatic heterocycles. The lowest BCUT2D eigenvalue weighted by molar-refractivity contribution is 0.469. The molecule has 0 saturated carbocycles. The maximum absolute atomic E-state index is 12.0. The minimum absolute atomic E-state index is 0.212. The average Bonchev–Trinajstić information content (AvgIpc) is 2.45. The number of nitrogens with one attached hydrogen (secondary N) is 1. The lowest BCUT2D eigenvalue weighted by Gasteiger charge is -2.10. The Morgan fingerprint density at radius 3 is 2.90 bits per heavy atom. The zero-order valence-electron chi connectivity index (χ0n) is 10.7. The molecule has 6 heteroatoms. The van der Waals surface area contributed by atoms with E-state index in [2.05, 4.69) is 32.9 Å². The Morgan fingerprint density at radius 1 is 1.45 bits per heavy atom. The van der Waals surface area contributed by atoms with E-state index in [-0.39, 0.29) is 11.3 Å². The van der Waals surface area contributed by atoms with Gasteiger partial charge in [0.05, 0.1) is 18.4 Å². The van der Waals surface area contributed by atoms with Crippen LogP contribution in [0, 0.1) is 0 Å². The Kier molecular flexibility index (Phi) is 4.57. The van der Waals surface area contributed by atoms with E-state index < -0.39 is 0 Å². The maximum Gasteiger partial charge on any atom is 0.283 e. The summed E-state index contributed by atoms with van der Waals surface area (Å²) in [5.41, 5.74) is 1.10. The molecule has 0 radical (unpaired) electrons. The van der Waals surface area contributed by atoms with E-state index in [0.717, 1.165) is 5.56 Å². The van der Waals surface area contributed by atoms with Crippen LogP contribution in [0.15, 0.2) is 52.4 Å². The molecule has 1 aromatic heterocycles. The topological polar surface area (TPSA) is 67.2 Å². The number of nitrogens with zero attached hydrogens (tertiary/aromatic N) is 2. The summed E-state index contributed by atoms with van der Waals surface area (Å²) >= 11 is 3.26. The fourth-order valence-corrected chi connectivity index (χ4v) is 2.14. The van der Waals surface area contributed by atoms with E-state index in [1.54, 1.807) is 24.4 Å². The van der Waals surface area contributed by atoms with E-state index in [0.29, 0.717) is 23.2 Å². The fourth-order valence-electron chi connectivity index (χ4n) is 1.69. The second-order valence-electron chi connectivity index (χ2n) is 4.13. The molecule has 104 valence electrons. The maximum atomic E-state index is 12.0. The number of aromatic nitrogens is 2.